The molecule has 1 aromatic carbocycles. The molecule has 19 heavy (non-hydrogen) atoms. The van der Waals surface area contributed by atoms with Gasteiger partial charge in [-0.3, -0.25) is 0 Å². The van der Waals surface area contributed by atoms with Gasteiger partial charge in [0.2, 0.25) is 0 Å². The third-order valence-corrected chi connectivity index (χ3v) is 8.26. The second kappa shape index (κ2) is 4.02. The van der Waals surface area contributed by atoms with Crippen LogP contribution in [0.2, 0.25) is 0 Å². The fourth-order valence-corrected chi connectivity index (χ4v) is 7.67. The largest absolute Gasteiger partial charge is 0.372 e. The lowest BCUT2D eigenvalue weighted by Gasteiger charge is -2.19. The second-order valence-corrected chi connectivity index (χ2v) is 9.76. The Hall–Kier alpha value is -0.470. The summed E-state index contributed by atoms with van der Waals surface area (Å²) < 4.78 is 5.97. The summed E-state index contributed by atoms with van der Waals surface area (Å²) in [5.74, 6) is 0.870. The normalized spacial score (nSPS) is 40.1. The number of hydrogen-bond acceptors (Lipinski definition) is 1. The van der Waals surface area contributed by atoms with Crippen LogP contribution in [-0.4, -0.2) is 23.2 Å². The number of fused-ring (bicyclic) bond motifs is 1. The Morgan fingerprint density at radius 3 is 2.47 bits per heavy atom. The van der Waals surface area contributed by atoms with E-state index in [1.165, 1.54) is 18.4 Å². The summed E-state index contributed by atoms with van der Waals surface area (Å²) in [4.78, 5) is 1.60. The smallest absolute Gasteiger partial charge is 0.155 e. The molecule has 0 saturated carbocycles. The predicted molar refractivity (Wildman–Crippen MR) is 80.8 cm³/mol. The summed E-state index contributed by atoms with van der Waals surface area (Å²) in [6, 6.07) is 9.51. The van der Waals surface area contributed by atoms with Crippen molar-refractivity contribution in [3.05, 3.63) is 29.8 Å². The molecule has 0 amide bonds. The van der Waals surface area contributed by atoms with Gasteiger partial charge < -0.3 is 4.74 Å². The zero-order chi connectivity index (χ0) is 13.2. The summed E-state index contributed by atoms with van der Waals surface area (Å²) in [5.41, 5.74) is 1.71. The molecule has 5 unspecified atom stereocenters. The maximum atomic E-state index is 5.97. The van der Waals surface area contributed by atoms with Crippen molar-refractivity contribution in [2.45, 2.75) is 60.5 Å². The number of ether oxygens (including phenoxy) is 1. The van der Waals surface area contributed by atoms with E-state index in [2.05, 4.69) is 45.0 Å². The minimum absolute atomic E-state index is 0.262. The van der Waals surface area contributed by atoms with Crippen LogP contribution < -0.4 is 0 Å². The van der Waals surface area contributed by atoms with Gasteiger partial charge in [0.25, 0.3) is 0 Å². The maximum absolute atomic E-state index is 5.97. The number of benzene rings is 1. The van der Waals surface area contributed by atoms with E-state index in [1.54, 1.807) is 4.90 Å². The van der Waals surface area contributed by atoms with Crippen molar-refractivity contribution in [3.8, 4) is 0 Å². The van der Waals surface area contributed by atoms with E-state index in [1.807, 2.05) is 0 Å². The van der Waals surface area contributed by atoms with Crippen molar-refractivity contribution in [2.75, 3.05) is 6.61 Å². The van der Waals surface area contributed by atoms with E-state index in [0.717, 1.165) is 23.0 Å². The van der Waals surface area contributed by atoms with Crippen LogP contribution in [0.25, 0.3) is 0 Å². The Morgan fingerprint density at radius 2 is 1.84 bits per heavy atom. The van der Waals surface area contributed by atoms with Gasteiger partial charge in [0, 0.05) is 29.7 Å². The minimum Gasteiger partial charge on any atom is -0.372 e. The SMILES string of the molecule is CC(C)(C)c1ccc([S+]2C3CC4COC(C3)C42)cc1. The van der Waals surface area contributed by atoms with Crippen LogP contribution in [0.4, 0.5) is 0 Å². The lowest BCUT2D eigenvalue weighted by molar-refractivity contribution is 0.114. The van der Waals surface area contributed by atoms with Crippen LogP contribution in [0.3, 0.4) is 0 Å². The van der Waals surface area contributed by atoms with Crippen LogP contribution in [-0.2, 0) is 21.0 Å². The zero-order valence-corrected chi connectivity index (χ0v) is 12.9. The van der Waals surface area contributed by atoms with Gasteiger partial charge >= 0.3 is 0 Å². The van der Waals surface area contributed by atoms with E-state index in [0.29, 0.717) is 17.0 Å². The van der Waals surface area contributed by atoms with E-state index >= 15 is 0 Å². The van der Waals surface area contributed by atoms with E-state index in [4.69, 9.17) is 4.74 Å². The van der Waals surface area contributed by atoms with Crippen LogP contribution in [0.15, 0.2) is 29.2 Å². The molecule has 1 aromatic rings. The van der Waals surface area contributed by atoms with Crippen molar-refractivity contribution in [1.29, 1.82) is 0 Å². The minimum atomic E-state index is 0.262. The third-order valence-electron chi connectivity index (χ3n) is 5.06. The Bertz CT molecular complexity index is 473. The average Bonchev–Trinajstić information content (AvgIpc) is 2.94. The second-order valence-electron chi connectivity index (χ2n) is 7.34. The molecule has 3 aliphatic heterocycles. The first-order valence-electron chi connectivity index (χ1n) is 7.48. The van der Waals surface area contributed by atoms with Gasteiger partial charge in [0.1, 0.15) is 11.4 Å². The average molecular weight is 275 g/mol. The van der Waals surface area contributed by atoms with Crippen molar-refractivity contribution >= 4 is 10.9 Å². The molecule has 1 nitrogen and oxygen atoms in total. The molecule has 3 saturated heterocycles. The van der Waals surface area contributed by atoms with Gasteiger partial charge in [0.15, 0.2) is 10.1 Å². The first kappa shape index (κ1) is 12.3. The van der Waals surface area contributed by atoms with Gasteiger partial charge in [-0.1, -0.05) is 32.9 Å². The molecule has 0 spiro atoms. The summed E-state index contributed by atoms with van der Waals surface area (Å²) in [6.45, 7) is 7.91. The highest BCUT2D eigenvalue weighted by Crippen LogP contribution is 2.53. The van der Waals surface area contributed by atoms with Gasteiger partial charge in [-0.15, -0.1) is 0 Å². The molecule has 2 bridgehead atoms. The van der Waals surface area contributed by atoms with Crippen molar-refractivity contribution in [1.82, 2.24) is 0 Å². The fourth-order valence-electron chi connectivity index (χ4n) is 4.10. The maximum Gasteiger partial charge on any atom is 0.155 e. The fraction of sp³-hybridized carbons (Fsp3) is 0.647. The summed E-state index contributed by atoms with van der Waals surface area (Å²) in [7, 11) is 0.473. The molecule has 5 atom stereocenters. The highest BCUT2D eigenvalue weighted by Gasteiger charge is 2.66. The lowest BCUT2D eigenvalue weighted by atomic mass is 9.87. The summed E-state index contributed by atoms with van der Waals surface area (Å²) >= 11 is 0. The lowest BCUT2D eigenvalue weighted by Crippen LogP contribution is -2.24. The first-order chi connectivity index (χ1) is 9.04. The van der Waals surface area contributed by atoms with Gasteiger partial charge in [-0.25, -0.2) is 0 Å². The topological polar surface area (TPSA) is 9.23 Å². The highest BCUT2D eigenvalue weighted by molar-refractivity contribution is 7.98. The van der Waals surface area contributed by atoms with Crippen LogP contribution >= 0.6 is 0 Å². The highest BCUT2D eigenvalue weighted by atomic mass is 32.2. The van der Waals surface area contributed by atoms with Crippen molar-refractivity contribution in [2.24, 2.45) is 5.92 Å². The standard InChI is InChI=1S/C17H23OS/c1-17(2,3)12-4-6-13(7-5-12)19-14-8-11-10-18-15(9-14)16(11)19/h4-7,11,14-16H,8-10H2,1-3H3/q+1. The Morgan fingerprint density at radius 1 is 1.11 bits per heavy atom. The molecule has 0 aromatic heterocycles. The van der Waals surface area contributed by atoms with Crippen molar-refractivity contribution < 1.29 is 4.74 Å². The van der Waals surface area contributed by atoms with Gasteiger partial charge in [-0.2, -0.15) is 0 Å². The number of hydrogen-bond donors (Lipinski definition) is 0. The molecule has 0 aliphatic carbocycles. The van der Waals surface area contributed by atoms with Gasteiger partial charge in [0.05, 0.1) is 6.61 Å². The Kier molecular flexibility index (Phi) is 2.60. The Labute approximate surface area is 119 Å². The summed E-state index contributed by atoms with van der Waals surface area (Å²) in [6.07, 6.45) is 3.34. The monoisotopic (exact) mass is 275 g/mol. The Balaban J connectivity index is 1.64. The molecule has 4 rings (SSSR count). The molecule has 3 fully saturated rings. The van der Waals surface area contributed by atoms with E-state index in [9.17, 15) is 0 Å². The molecule has 0 radical (unpaired) electrons. The van der Waals surface area contributed by atoms with Crippen LogP contribution in [0.5, 0.6) is 0 Å². The molecular weight excluding hydrogens is 252 g/mol. The third kappa shape index (κ3) is 1.80. The molecular formula is C17H23OS+. The zero-order valence-electron chi connectivity index (χ0n) is 12.1. The van der Waals surface area contributed by atoms with E-state index < -0.39 is 0 Å². The first-order valence-corrected chi connectivity index (χ1v) is 8.83. The number of rotatable bonds is 1. The molecule has 2 heteroatoms. The predicted octanol–water partition coefficient (Wildman–Crippen LogP) is 3.52. The van der Waals surface area contributed by atoms with Crippen molar-refractivity contribution in [3.63, 3.8) is 0 Å². The van der Waals surface area contributed by atoms with E-state index in [-0.39, 0.29) is 5.41 Å². The molecule has 102 valence electrons. The molecule has 0 N–H and O–H groups in total. The quantitative estimate of drug-likeness (QED) is 0.713. The molecule has 3 heterocycles. The summed E-state index contributed by atoms with van der Waals surface area (Å²) in [5, 5.41) is 1.77. The molecule has 3 aliphatic rings. The van der Waals surface area contributed by atoms with Gasteiger partial charge in [-0.05, 0) is 23.1 Å². The van der Waals surface area contributed by atoms with Crippen LogP contribution in [0, 0.1) is 5.92 Å². The van der Waals surface area contributed by atoms with Crippen LogP contribution in [0.1, 0.15) is 39.2 Å².